The highest BCUT2D eigenvalue weighted by molar-refractivity contribution is 6.10. The van der Waals surface area contributed by atoms with Crippen molar-refractivity contribution in [3.8, 4) is 11.5 Å². The lowest BCUT2D eigenvalue weighted by Crippen LogP contribution is -2.04. The third-order valence-electron chi connectivity index (χ3n) is 3.24. The first-order chi connectivity index (χ1) is 10.6. The van der Waals surface area contributed by atoms with E-state index < -0.39 is 0 Å². The van der Waals surface area contributed by atoms with E-state index in [4.69, 9.17) is 9.47 Å². The standard InChI is InChI=1S/C17H14O5/c1-21-15-5-3-11(7-13(15)9-18)17(20)12-4-6-16(22-2)14(8-12)10-19/h3-10H,1-2H3. The molecule has 0 fully saturated rings. The van der Waals surface area contributed by atoms with E-state index in [1.165, 1.54) is 26.4 Å². The molecule has 0 amide bonds. The Hall–Kier alpha value is -2.95. The summed E-state index contributed by atoms with van der Waals surface area (Å²) in [5.74, 6) is 0.501. The predicted molar refractivity (Wildman–Crippen MR) is 80.2 cm³/mol. The Morgan fingerprint density at radius 1 is 0.818 bits per heavy atom. The molecule has 0 N–H and O–H groups in total. The Kier molecular flexibility index (Phi) is 4.68. The van der Waals surface area contributed by atoms with Gasteiger partial charge in [0.05, 0.1) is 25.3 Å². The molecule has 2 rings (SSSR count). The van der Waals surface area contributed by atoms with E-state index >= 15 is 0 Å². The molecular formula is C17H14O5. The van der Waals surface area contributed by atoms with Crippen LogP contribution in [0.3, 0.4) is 0 Å². The third kappa shape index (κ3) is 2.88. The lowest BCUT2D eigenvalue weighted by atomic mass is 9.99. The molecule has 0 aromatic heterocycles. The maximum Gasteiger partial charge on any atom is 0.193 e. The van der Waals surface area contributed by atoms with Crippen LogP contribution in [-0.2, 0) is 0 Å². The molecule has 0 unspecified atom stereocenters. The number of rotatable bonds is 6. The van der Waals surface area contributed by atoms with Gasteiger partial charge in [0.15, 0.2) is 18.4 Å². The number of carbonyl (C=O) groups is 3. The van der Waals surface area contributed by atoms with Gasteiger partial charge in [-0.3, -0.25) is 14.4 Å². The first-order valence-corrected chi connectivity index (χ1v) is 6.45. The highest BCUT2D eigenvalue weighted by Gasteiger charge is 2.14. The van der Waals surface area contributed by atoms with Crippen molar-refractivity contribution in [3.63, 3.8) is 0 Å². The number of methoxy groups -OCH3 is 2. The highest BCUT2D eigenvalue weighted by Crippen LogP contribution is 2.23. The molecule has 22 heavy (non-hydrogen) atoms. The second-order valence-corrected chi connectivity index (χ2v) is 4.48. The van der Waals surface area contributed by atoms with Gasteiger partial charge in [-0.05, 0) is 36.4 Å². The summed E-state index contributed by atoms with van der Waals surface area (Å²) in [6, 6.07) is 9.16. The van der Waals surface area contributed by atoms with Crippen LogP contribution >= 0.6 is 0 Å². The van der Waals surface area contributed by atoms with Crippen molar-refractivity contribution >= 4 is 18.4 Å². The van der Waals surface area contributed by atoms with Crippen molar-refractivity contribution < 1.29 is 23.9 Å². The van der Waals surface area contributed by atoms with E-state index in [0.29, 0.717) is 35.2 Å². The summed E-state index contributed by atoms with van der Waals surface area (Å²) >= 11 is 0. The molecule has 112 valence electrons. The van der Waals surface area contributed by atoms with Crippen LogP contribution in [0.5, 0.6) is 11.5 Å². The van der Waals surface area contributed by atoms with Crippen LogP contribution in [-0.4, -0.2) is 32.6 Å². The Morgan fingerprint density at radius 3 is 1.55 bits per heavy atom. The van der Waals surface area contributed by atoms with Gasteiger partial charge in [0.25, 0.3) is 0 Å². The number of benzene rings is 2. The minimum Gasteiger partial charge on any atom is -0.496 e. The Bertz CT molecular complexity index is 672. The van der Waals surface area contributed by atoms with Gasteiger partial charge in [0.1, 0.15) is 11.5 Å². The number of hydrogen-bond donors (Lipinski definition) is 0. The summed E-state index contributed by atoms with van der Waals surface area (Å²) in [6.45, 7) is 0. The first-order valence-electron chi connectivity index (χ1n) is 6.45. The second kappa shape index (κ2) is 6.67. The topological polar surface area (TPSA) is 69.7 Å². The minimum absolute atomic E-state index is 0.289. The Morgan fingerprint density at radius 2 is 1.23 bits per heavy atom. The van der Waals surface area contributed by atoms with E-state index in [0.717, 1.165) is 0 Å². The van der Waals surface area contributed by atoms with Gasteiger partial charge >= 0.3 is 0 Å². The van der Waals surface area contributed by atoms with Crippen molar-refractivity contribution in [1.29, 1.82) is 0 Å². The summed E-state index contributed by atoms with van der Waals surface area (Å²) in [5, 5.41) is 0. The Balaban J connectivity index is 2.43. The van der Waals surface area contributed by atoms with Gasteiger partial charge in [-0.2, -0.15) is 0 Å². The van der Waals surface area contributed by atoms with Crippen LogP contribution in [0.15, 0.2) is 36.4 Å². The lowest BCUT2D eigenvalue weighted by Gasteiger charge is -2.08. The Labute approximate surface area is 127 Å². The summed E-state index contributed by atoms with van der Waals surface area (Å²) in [7, 11) is 2.90. The number of carbonyl (C=O) groups excluding carboxylic acids is 3. The summed E-state index contributed by atoms with van der Waals surface area (Å²) in [4.78, 5) is 34.5. The molecule has 0 heterocycles. The van der Waals surface area contributed by atoms with Crippen LogP contribution in [0.2, 0.25) is 0 Å². The van der Waals surface area contributed by atoms with Crippen molar-refractivity contribution in [2.45, 2.75) is 0 Å². The van der Waals surface area contributed by atoms with Crippen molar-refractivity contribution in [2.24, 2.45) is 0 Å². The molecule has 5 heteroatoms. The van der Waals surface area contributed by atoms with Crippen LogP contribution in [0.25, 0.3) is 0 Å². The van der Waals surface area contributed by atoms with Crippen LogP contribution in [0.4, 0.5) is 0 Å². The number of ether oxygens (including phenoxy) is 2. The molecular weight excluding hydrogens is 284 g/mol. The molecule has 2 aromatic rings. The van der Waals surface area contributed by atoms with E-state index in [9.17, 15) is 14.4 Å². The average molecular weight is 298 g/mol. The lowest BCUT2D eigenvalue weighted by molar-refractivity contribution is 0.103. The van der Waals surface area contributed by atoms with Gasteiger partial charge in [0.2, 0.25) is 0 Å². The average Bonchev–Trinajstić information content (AvgIpc) is 2.59. The summed E-state index contributed by atoms with van der Waals surface area (Å²) in [6.07, 6.45) is 1.25. The van der Waals surface area contributed by atoms with Gasteiger partial charge in [0, 0.05) is 11.1 Å². The zero-order chi connectivity index (χ0) is 16.1. The minimum atomic E-state index is -0.295. The molecule has 0 aliphatic carbocycles. The van der Waals surface area contributed by atoms with E-state index in [1.807, 2.05) is 0 Å². The molecule has 0 bridgehead atoms. The van der Waals surface area contributed by atoms with E-state index in [-0.39, 0.29) is 16.9 Å². The molecule has 0 spiro atoms. The fourth-order valence-electron chi connectivity index (χ4n) is 2.10. The molecule has 0 saturated heterocycles. The quantitative estimate of drug-likeness (QED) is 0.605. The van der Waals surface area contributed by atoms with E-state index in [2.05, 4.69) is 0 Å². The predicted octanol–water partition coefficient (Wildman–Crippen LogP) is 2.56. The van der Waals surface area contributed by atoms with Gasteiger partial charge < -0.3 is 9.47 Å². The largest absolute Gasteiger partial charge is 0.496 e. The maximum atomic E-state index is 12.5. The van der Waals surface area contributed by atoms with Crippen LogP contribution in [0, 0.1) is 0 Å². The van der Waals surface area contributed by atoms with Crippen molar-refractivity contribution in [3.05, 3.63) is 58.7 Å². The van der Waals surface area contributed by atoms with E-state index in [1.54, 1.807) is 24.3 Å². The van der Waals surface area contributed by atoms with Crippen LogP contribution in [0.1, 0.15) is 36.6 Å². The normalized spacial score (nSPS) is 9.91. The molecule has 0 atom stereocenters. The number of aldehydes is 2. The molecule has 0 radical (unpaired) electrons. The molecule has 5 nitrogen and oxygen atoms in total. The summed E-state index contributed by atoms with van der Waals surface area (Å²) in [5.41, 5.74) is 1.25. The van der Waals surface area contributed by atoms with Crippen molar-refractivity contribution in [1.82, 2.24) is 0 Å². The molecule has 0 aliphatic rings. The zero-order valence-electron chi connectivity index (χ0n) is 12.2. The second-order valence-electron chi connectivity index (χ2n) is 4.48. The third-order valence-corrected chi connectivity index (χ3v) is 3.24. The monoisotopic (exact) mass is 298 g/mol. The SMILES string of the molecule is COc1ccc(C(=O)c2ccc(OC)c(C=O)c2)cc1C=O. The summed E-state index contributed by atoms with van der Waals surface area (Å²) < 4.78 is 10.1. The maximum absolute atomic E-state index is 12.5. The molecule has 2 aromatic carbocycles. The molecule has 0 saturated carbocycles. The zero-order valence-corrected chi connectivity index (χ0v) is 12.2. The van der Waals surface area contributed by atoms with Gasteiger partial charge in [-0.25, -0.2) is 0 Å². The highest BCUT2D eigenvalue weighted by atomic mass is 16.5. The fourth-order valence-corrected chi connectivity index (χ4v) is 2.10. The van der Waals surface area contributed by atoms with Gasteiger partial charge in [-0.1, -0.05) is 0 Å². The molecule has 0 aliphatic heterocycles. The smallest absolute Gasteiger partial charge is 0.193 e. The van der Waals surface area contributed by atoms with Gasteiger partial charge in [-0.15, -0.1) is 0 Å². The number of ketones is 1. The van der Waals surface area contributed by atoms with Crippen LogP contribution < -0.4 is 9.47 Å². The fraction of sp³-hybridized carbons (Fsp3) is 0.118. The first kappa shape index (κ1) is 15.4. The number of hydrogen-bond acceptors (Lipinski definition) is 5. The van der Waals surface area contributed by atoms with Crippen molar-refractivity contribution in [2.75, 3.05) is 14.2 Å².